The van der Waals surface area contributed by atoms with Crippen molar-refractivity contribution in [1.82, 2.24) is 4.90 Å². The lowest BCUT2D eigenvalue weighted by atomic mass is 9.94. The summed E-state index contributed by atoms with van der Waals surface area (Å²) in [5.74, 6) is -0.104. The summed E-state index contributed by atoms with van der Waals surface area (Å²) in [4.78, 5) is 13.3. The SMILES string of the molecule is COC(=O)CCN(C)C1CCCCC1. The second-order valence-electron chi connectivity index (χ2n) is 4.10. The summed E-state index contributed by atoms with van der Waals surface area (Å²) in [7, 11) is 3.56. The summed E-state index contributed by atoms with van der Waals surface area (Å²) in [5, 5.41) is 0. The lowest BCUT2D eigenvalue weighted by Crippen LogP contribution is -2.35. The van der Waals surface area contributed by atoms with Gasteiger partial charge in [-0.15, -0.1) is 0 Å². The molecule has 0 aliphatic heterocycles. The fourth-order valence-corrected chi connectivity index (χ4v) is 2.07. The number of hydrogen-bond donors (Lipinski definition) is 0. The Hall–Kier alpha value is -0.570. The molecular weight excluding hydrogens is 178 g/mol. The molecule has 0 saturated heterocycles. The van der Waals surface area contributed by atoms with E-state index in [-0.39, 0.29) is 5.97 Å². The number of hydrogen-bond acceptors (Lipinski definition) is 3. The molecule has 82 valence electrons. The van der Waals surface area contributed by atoms with E-state index in [2.05, 4.69) is 16.7 Å². The highest BCUT2D eigenvalue weighted by Gasteiger charge is 2.18. The van der Waals surface area contributed by atoms with Crippen LogP contribution in [0.3, 0.4) is 0 Å². The van der Waals surface area contributed by atoms with Gasteiger partial charge in [0.05, 0.1) is 13.5 Å². The molecule has 0 aromatic rings. The Morgan fingerprint density at radius 1 is 1.36 bits per heavy atom. The Morgan fingerprint density at radius 2 is 2.00 bits per heavy atom. The number of esters is 1. The standard InChI is InChI=1S/C11H21NO2/c1-12(9-8-11(13)14-2)10-6-4-3-5-7-10/h10H,3-9H2,1-2H3. The molecule has 0 atom stereocenters. The second-order valence-corrected chi connectivity index (χ2v) is 4.10. The smallest absolute Gasteiger partial charge is 0.306 e. The van der Waals surface area contributed by atoms with Crippen LogP contribution in [0.2, 0.25) is 0 Å². The molecule has 0 aromatic carbocycles. The number of rotatable bonds is 4. The second kappa shape index (κ2) is 6.02. The first kappa shape index (κ1) is 11.5. The van der Waals surface area contributed by atoms with Gasteiger partial charge in [-0.2, -0.15) is 0 Å². The third kappa shape index (κ3) is 3.66. The predicted molar refractivity (Wildman–Crippen MR) is 56.1 cm³/mol. The molecule has 0 bridgehead atoms. The molecule has 1 aliphatic carbocycles. The molecule has 0 N–H and O–H groups in total. The van der Waals surface area contributed by atoms with Crippen LogP contribution in [0.25, 0.3) is 0 Å². The monoisotopic (exact) mass is 199 g/mol. The maximum atomic E-state index is 11.0. The molecule has 1 saturated carbocycles. The Morgan fingerprint density at radius 3 is 2.57 bits per heavy atom. The maximum absolute atomic E-state index is 11.0. The van der Waals surface area contributed by atoms with Gasteiger partial charge in [0.1, 0.15) is 0 Å². The van der Waals surface area contributed by atoms with Gasteiger partial charge in [0.2, 0.25) is 0 Å². The molecule has 1 fully saturated rings. The van der Waals surface area contributed by atoms with Crippen molar-refractivity contribution in [3.05, 3.63) is 0 Å². The summed E-state index contributed by atoms with van der Waals surface area (Å²) in [6, 6.07) is 0.688. The first-order valence-corrected chi connectivity index (χ1v) is 5.51. The van der Waals surface area contributed by atoms with Crippen molar-refractivity contribution in [2.24, 2.45) is 0 Å². The molecule has 3 nitrogen and oxygen atoms in total. The molecule has 0 unspecified atom stereocenters. The van der Waals surface area contributed by atoms with Gasteiger partial charge in [0.25, 0.3) is 0 Å². The summed E-state index contributed by atoms with van der Waals surface area (Å²) >= 11 is 0. The van der Waals surface area contributed by atoms with E-state index in [1.54, 1.807) is 0 Å². The average molecular weight is 199 g/mol. The highest BCUT2D eigenvalue weighted by atomic mass is 16.5. The molecule has 0 spiro atoms. The van der Waals surface area contributed by atoms with Crippen molar-refractivity contribution in [3.8, 4) is 0 Å². The van der Waals surface area contributed by atoms with Crippen LogP contribution in [0.4, 0.5) is 0 Å². The fraction of sp³-hybridized carbons (Fsp3) is 0.909. The van der Waals surface area contributed by atoms with Crippen LogP contribution >= 0.6 is 0 Å². The first-order valence-electron chi connectivity index (χ1n) is 5.51. The summed E-state index contributed by atoms with van der Waals surface area (Å²) in [5.41, 5.74) is 0. The fourth-order valence-electron chi connectivity index (χ4n) is 2.07. The summed E-state index contributed by atoms with van der Waals surface area (Å²) in [6.07, 6.45) is 7.15. The average Bonchev–Trinajstić information content (AvgIpc) is 2.26. The van der Waals surface area contributed by atoms with Gasteiger partial charge in [-0.05, 0) is 19.9 Å². The lowest BCUT2D eigenvalue weighted by molar-refractivity contribution is -0.141. The van der Waals surface area contributed by atoms with Crippen molar-refractivity contribution < 1.29 is 9.53 Å². The Balaban J connectivity index is 2.19. The Labute approximate surface area is 86.4 Å². The summed E-state index contributed by atoms with van der Waals surface area (Å²) < 4.78 is 4.62. The maximum Gasteiger partial charge on any atom is 0.306 e. The molecule has 3 heteroatoms. The van der Waals surface area contributed by atoms with Crippen LogP contribution in [0.1, 0.15) is 38.5 Å². The van der Waals surface area contributed by atoms with Crippen LogP contribution in [0, 0.1) is 0 Å². The van der Waals surface area contributed by atoms with Gasteiger partial charge in [0.15, 0.2) is 0 Å². The Kier molecular flexibility index (Phi) is 4.94. The van der Waals surface area contributed by atoms with Crippen LogP contribution in [-0.4, -0.2) is 37.6 Å². The number of ether oxygens (including phenoxy) is 1. The van der Waals surface area contributed by atoms with Crippen molar-refractivity contribution in [2.75, 3.05) is 20.7 Å². The first-order chi connectivity index (χ1) is 6.74. The van der Waals surface area contributed by atoms with Gasteiger partial charge in [0, 0.05) is 12.6 Å². The van der Waals surface area contributed by atoms with E-state index >= 15 is 0 Å². The van der Waals surface area contributed by atoms with Crippen LogP contribution < -0.4 is 0 Å². The van der Waals surface area contributed by atoms with Crippen molar-refractivity contribution in [1.29, 1.82) is 0 Å². The quantitative estimate of drug-likeness (QED) is 0.647. The number of carbonyl (C=O) groups is 1. The highest BCUT2D eigenvalue weighted by Crippen LogP contribution is 2.21. The normalized spacial score (nSPS) is 18.5. The van der Waals surface area contributed by atoms with Crippen molar-refractivity contribution >= 4 is 5.97 Å². The third-order valence-corrected chi connectivity index (χ3v) is 3.09. The van der Waals surface area contributed by atoms with Gasteiger partial charge in [-0.1, -0.05) is 19.3 Å². The largest absolute Gasteiger partial charge is 0.469 e. The predicted octanol–water partition coefficient (Wildman–Crippen LogP) is 1.81. The zero-order valence-electron chi connectivity index (χ0n) is 9.29. The molecular formula is C11H21NO2. The Bertz CT molecular complexity index is 176. The molecule has 0 heterocycles. The van der Waals surface area contributed by atoms with Gasteiger partial charge in [-0.3, -0.25) is 4.79 Å². The number of methoxy groups -OCH3 is 1. The van der Waals surface area contributed by atoms with Crippen LogP contribution in [-0.2, 0) is 9.53 Å². The number of nitrogens with zero attached hydrogens (tertiary/aromatic N) is 1. The number of carbonyl (C=O) groups excluding carboxylic acids is 1. The van der Waals surface area contributed by atoms with E-state index in [0.29, 0.717) is 12.5 Å². The molecule has 0 aromatic heterocycles. The minimum Gasteiger partial charge on any atom is -0.469 e. The van der Waals surface area contributed by atoms with Crippen LogP contribution in [0.5, 0.6) is 0 Å². The molecule has 1 aliphatic rings. The van der Waals surface area contributed by atoms with E-state index in [4.69, 9.17) is 0 Å². The molecule has 1 rings (SSSR count). The lowest BCUT2D eigenvalue weighted by Gasteiger charge is -2.30. The third-order valence-electron chi connectivity index (χ3n) is 3.09. The molecule has 14 heavy (non-hydrogen) atoms. The van der Waals surface area contributed by atoms with E-state index in [1.165, 1.54) is 39.2 Å². The molecule has 0 radical (unpaired) electrons. The van der Waals surface area contributed by atoms with E-state index in [9.17, 15) is 4.79 Å². The minimum absolute atomic E-state index is 0.104. The van der Waals surface area contributed by atoms with Gasteiger partial charge < -0.3 is 9.64 Å². The zero-order chi connectivity index (χ0) is 10.4. The topological polar surface area (TPSA) is 29.5 Å². The van der Waals surface area contributed by atoms with Gasteiger partial charge >= 0.3 is 5.97 Å². The highest BCUT2D eigenvalue weighted by molar-refractivity contribution is 5.69. The zero-order valence-corrected chi connectivity index (χ0v) is 9.29. The van der Waals surface area contributed by atoms with E-state index in [0.717, 1.165) is 6.54 Å². The van der Waals surface area contributed by atoms with Crippen LogP contribution in [0.15, 0.2) is 0 Å². The molecule has 0 amide bonds. The minimum atomic E-state index is -0.104. The summed E-state index contributed by atoms with van der Waals surface area (Å²) in [6.45, 7) is 0.831. The van der Waals surface area contributed by atoms with Crippen molar-refractivity contribution in [2.45, 2.75) is 44.6 Å². The van der Waals surface area contributed by atoms with E-state index < -0.39 is 0 Å². The van der Waals surface area contributed by atoms with Gasteiger partial charge in [-0.25, -0.2) is 0 Å². The van der Waals surface area contributed by atoms with Crippen molar-refractivity contribution in [3.63, 3.8) is 0 Å². The van der Waals surface area contributed by atoms with E-state index in [1.807, 2.05) is 0 Å².